The van der Waals surface area contributed by atoms with Crippen molar-refractivity contribution in [3.05, 3.63) is 46.4 Å². The number of ether oxygens (including phenoxy) is 2. The number of halogens is 1. The molecule has 136 valence electrons. The third kappa shape index (κ3) is 4.29. The van der Waals surface area contributed by atoms with Crippen molar-refractivity contribution in [1.82, 2.24) is 15.4 Å². The highest BCUT2D eigenvalue weighted by Crippen LogP contribution is 2.32. The summed E-state index contributed by atoms with van der Waals surface area (Å²) in [5, 5.41) is 13.3. The molecule has 2 heterocycles. The minimum Gasteiger partial charge on any atom is -0.491 e. The van der Waals surface area contributed by atoms with Crippen molar-refractivity contribution in [1.29, 1.82) is 0 Å². The Kier molecular flexibility index (Phi) is 5.68. The van der Waals surface area contributed by atoms with Gasteiger partial charge in [-0.05, 0) is 25.1 Å². The van der Waals surface area contributed by atoms with Gasteiger partial charge >= 0.3 is 5.97 Å². The zero-order chi connectivity index (χ0) is 18.5. The number of fused-ring (bicyclic) bond motifs is 1. The topological polar surface area (TPSA) is 87.3 Å². The molecule has 1 aromatic carbocycles. The lowest BCUT2D eigenvalue weighted by Gasteiger charge is -2.07. The second-order valence-corrected chi connectivity index (χ2v) is 6.16. The Morgan fingerprint density at radius 2 is 2.08 bits per heavy atom. The van der Waals surface area contributed by atoms with E-state index in [0.29, 0.717) is 41.5 Å². The summed E-state index contributed by atoms with van der Waals surface area (Å²) < 4.78 is 15.7. The molecule has 26 heavy (non-hydrogen) atoms. The van der Waals surface area contributed by atoms with Gasteiger partial charge in [0.05, 0.1) is 42.2 Å². The van der Waals surface area contributed by atoms with Crippen LogP contribution >= 0.6 is 11.6 Å². The van der Waals surface area contributed by atoms with Crippen molar-refractivity contribution in [3.63, 3.8) is 0 Å². The molecule has 0 atom stereocenters. The highest BCUT2D eigenvalue weighted by atomic mass is 35.5. The van der Waals surface area contributed by atoms with E-state index in [9.17, 15) is 4.79 Å². The Bertz CT molecular complexity index is 909. The number of nitrogens with zero attached hydrogens (tertiary/aromatic N) is 3. The Balaban J connectivity index is 1.66. The van der Waals surface area contributed by atoms with Gasteiger partial charge in [-0.15, -0.1) is 0 Å². The van der Waals surface area contributed by atoms with Gasteiger partial charge in [-0.25, -0.2) is 0 Å². The van der Waals surface area contributed by atoms with Gasteiger partial charge in [0.25, 0.3) is 0 Å². The van der Waals surface area contributed by atoms with E-state index in [4.69, 9.17) is 20.9 Å². The maximum absolute atomic E-state index is 11.3. The molecule has 0 aliphatic heterocycles. The molecule has 0 bridgehead atoms. The summed E-state index contributed by atoms with van der Waals surface area (Å²) in [7, 11) is 1.35. The van der Waals surface area contributed by atoms with Crippen molar-refractivity contribution < 1.29 is 18.8 Å². The molecule has 0 aliphatic carbocycles. The maximum atomic E-state index is 11.3. The molecule has 0 amide bonds. The Morgan fingerprint density at radius 1 is 1.23 bits per heavy atom. The van der Waals surface area contributed by atoms with E-state index in [1.165, 1.54) is 7.11 Å². The van der Waals surface area contributed by atoms with E-state index in [-0.39, 0.29) is 12.4 Å². The molecule has 3 aromatic rings. The van der Waals surface area contributed by atoms with Gasteiger partial charge in [0.1, 0.15) is 5.75 Å². The second kappa shape index (κ2) is 8.14. The monoisotopic (exact) mass is 375 g/mol. The summed E-state index contributed by atoms with van der Waals surface area (Å²) in [6.45, 7) is 2.30. The Hall–Kier alpha value is -2.67. The summed E-state index contributed by atoms with van der Waals surface area (Å²) in [4.78, 5) is 11.3. The number of carbonyl (C=O) groups excluding carboxylic acids is 1. The number of hydrogen-bond acceptors (Lipinski definition) is 7. The number of esters is 1. The number of rotatable bonds is 7. The molecule has 0 N–H and O–H groups in total. The first-order chi connectivity index (χ1) is 12.6. The number of carbonyl (C=O) groups is 1. The van der Waals surface area contributed by atoms with Crippen LogP contribution in [-0.4, -0.2) is 35.0 Å². The van der Waals surface area contributed by atoms with Gasteiger partial charge in [0.15, 0.2) is 5.58 Å². The van der Waals surface area contributed by atoms with E-state index < -0.39 is 0 Å². The molecular weight excluding hydrogens is 358 g/mol. The van der Waals surface area contributed by atoms with Crippen LogP contribution in [0.25, 0.3) is 11.0 Å². The van der Waals surface area contributed by atoms with Crippen LogP contribution in [0, 0.1) is 6.92 Å². The molecule has 0 spiro atoms. The van der Waals surface area contributed by atoms with E-state index >= 15 is 0 Å². The zero-order valence-electron chi connectivity index (χ0n) is 14.5. The normalized spacial score (nSPS) is 10.9. The third-order valence-corrected chi connectivity index (χ3v) is 4.16. The fraction of sp³-hybridized carbons (Fsp3) is 0.333. The third-order valence-electron chi connectivity index (χ3n) is 3.86. The van der Waals surface area contributed by atoms with Crippen molar-refractivity contribution in [2.24, 2.45) is 0 Å². The van der Waals surface area contributed by atoms with Crippen molar-refractivity contribution in [3.8, 4) is 5.75 Å². The van der Waals surface area contributed by atoms with Crippen LogP contribution in [0.2, 0.25) is 5.02 Å². The summed E-state index contributed by atoms with van der Waals surface area (Å²) in [5.74, 6) is 0.210. The van der Waals surface area contributed by atoms with Crippen LogP contribution in [0.4, 0.5) is 0 Å². The number of methoxy groups -OCH3 is 1. The first kappa shape index (κ1) is 18.1. The van der Waals surface area contributed by atoms with Crippen LogP contribution < -0.4 is 4.74 Å². The fourth-order valence-electron chi connectivity index (χ4n) is 2.43. The van der Waals surface area contributed by atoms with Crippen molar-refractivity contribution in [2.45, 2.75) is 26.2 Å². The molecule has 8 heteroatoms. The van der Waals surface area contributed by atoms with Crippen molar-refractivity contribution in [2.75, 3.05) is 13.7 Å². The van der Waals surface area contributed by atoms with Gasteiger partial charge in [-0.1, -0.05) is 16.8 Å². The van der Waals surface area contributed by atoms with E-state index in [1.807, 2.05) is 19.1 Å². The Morgan fingerprint density at radius 3 is 2.81 bits per heavy atom. The van der Waals surface area contributed by atoms with E-state index in [0.717, 1.165) is 16.8 Å². The minimum atomic E-state index is -0.300. The lowest BCUT2D eigenvalue weighted by molar-refractivity contribution is -0.140. The van der Waals surface area contributed by atoms with Crippen LogP contribution in [-0.2, 0) is 22.4 Å². The van der Waals surface area contributed by atoms with E-state index in [1.54, 1.807) is 12.1 Å². The van der Waals surface area contributed by atoms with Gasteiger partial charge in [-0.2, -0.15) is 10.2 Å². The highest BCUT2D eigenvalue weighted by Gasteiger charge is 2.14. The van der Waals surface area contributed by atoms with Gasteiger partial charge in [0, 0.05) is 24.3 Å². The number of aryl methyl sites for hydroxylation is 2. The molecule has 0 fully saturated rings. The number of hydrogen-bond donors (Lipinski definition) is 0. The molecular formula is C18H18ClN3O4. The summed E-state index contributed by atoms with van der Waals surface area (Å²) in [6.07, 6.45) is 1.26. The van der Waals surface area contributed by atoms with Crippen LogP contribution in [0.1, 0.15) is 23.5 Å². The molecule has 7 nitrogen and oxygen atoms in total. The van der Waals surface area contributed by atoms with Crippen LogP contribution in [0.15, 0.2) is 28.8 Å². The van der Waals surface area contributed by atoms with Gasteiger partial charge in [0.2, 0.25) is 0 Å². The minimum absolute atomic E-state index is 0.228. The van der Waals surface area contributed by atoms with Crippen LogP contribution in [0.3, 0.4) is 0 Å². The quantitative estimate of drug-likeness (QED) is 0.585. The number of benzene rings is 1. The predicted octanol–water partition coefficient (Wildman–Crippen LogP) is 3.31. The van der Waals surface area contributed by atoms with E-state index in [2.05, 4.69) is 20.1 Å². The molecule has 3 rings (SSSR count). The molecule has 0 unspecified atom stereocenters. The molecule has 0 saturated heterocycles. The summed E-state index contributed by atoms with van der Waals surface area (Å²) >= 11 is 6.31. The standard InChI is InChI=1S/C18H18ClN3O4/c1-11-3-4-12(21-20-11)7-8-25-17-10-16-13(9-14(17)19)15(22-26-16)5-6-18(23)24-2/h3-4,9-10H,5-8H2,1-2H3. The first-order valence-corrected chi connectivity index (χ1v) is 8.51. The lowest BCUT2D eigenvalue weighted by Crippen LogP contribution is -2.04. The SMILES string of the molecule is COC(=O)CCc1noc2cc(OCCc3ccc(C)nn3)c(Cl)cc12. The predicted molar refractivity (Wildman–Crippen MR) is 95.3 cm³/mol. The number of aromatic nitrogens is 3. The lowest BCUT2D eigenvalue weighted by atomic mass is 10.1. The van der Waals surface area contributed by atoms with Gasteiger partial charge < -0.3 is 14.0 Å². The molecule has 0 radical (unpaired) electrons. The molecule has 0 aliphatic rings. The highest BCUT2D eigenvalue weighted by molar-refractivity contribution is 6.32. The van der Waals surface area contributed by atoms with Crippen molar-refractivity contribution >= 4 is 28.5 Å². The van der Waals surface area contributed by atoms with Gasteiger partial charge in [-0.3, -0.25) is 4.79 Å². The first-order valence-electron chi connectivity index (χ1n) is 8.13. The summed E-state index contributed by atoms with van der Waals surface area (Å²) in [5.41, 5.74) is 2.93. The van der Waals surface area contributed by atoms with Crippen LogP contribution in [0.5, 0.6) is 5.75 Å². The smallest absolute Gasteiger partial charge is 0.305 e. The average Bonchev–Trinajstić information content (AvgIpc) is 3.03. The molecule has 0 saturated carbocycles. The fourth-order valence-corrected chi connectivity index (χ4v) is 2.65. The maximum Gasteiger partial charge on any atom is 0.305 e. The second-order valence-electron chi connectivity index (χ2n) is 5.75. The zero-order valence-corrected chi connectivity index (χ0v) is 15.2. The molecule has 2 aromatic heterocycles. The largest absolute Gasteiger partial charge is 0.491 e. The Labute approximate surface area is 155 Å². The summed E-state index contributed by atoms with van der Waals surface area (Å²) in [6, 6.07) is 7.26. The average molecular weight is 376 g/mol.